The number of hydrogen-bond donors (Lipinski definition) is 0. The van der Waals surface area contributed by atoms with E-state index in [1.165, 1.54) is 16.4 Å². The number of unbranched alkanes of at least 4 members (excludes halogenated alkanes) is 1. The third-order valence-electron chi connectivity index (χ3n) is 5.08. The number of piperidine rings is 1. The minimum absolute atomic E-state index is 0.0636. The number of amides is 1. The van der Waals surface area contributed by atoms with Gasteiger partial charge in [-0.25, -0.2) is 12.7 Å². The van der Waals surface area contributed by atoms with Gasteiger partial charge in [0.25, 0.3) is 5.91 Å². The SMILES string of the molecule is C#CCOCC1CCN(C(=O)c2ccc(S(=O)(=O)N(C)CCCC)cc2)CC1. The fraction of sp³-hybridized carbons (Fsp3) is 0.571. The molecule has 1 heterocycles. The largest absolute Gasteiger partial charge is 0.369 e. The van der Waals surface area contributed by atoms with Crippen LogP contribution in [0.15, 0.2) is 29.2 Å². The van der Waals surface area contributed by atoms with Gasteiger partial charge in [0.2, 0.25) is 10.0 Å². The summed E-state index contributed by atoms with van der Waals surface area (Å²) in [5.41, 5.74) is 0.511. The van der Waals surface area contributed by atoms with Gasteiger partial charge in [0.1, 0.15) is 6.61 Å². The van der Waals surface area contributed by atoms with E-state index in [0.717, 1.165) is 25.7 Å². The first-order valence-electron chi connectivity index (χ1n) is 9.77. The van der Waals surface area contributed by atoms with Crippen LogP contribution in [0.3, 0.4) is 0 Å². The monoisotopic (exact) mass is 406 g/mol. The predicted octanol–water partition coefficient (Wildman–Crippen LogP) is 2.61. The molecule has 1 aliphatic heterocycles. The highest BCUT2D eigenvalue weighted by molar-refractivity contribution is 7.89. The Morgan fingerprint density at radius 3 is 2.50 bits per heavy atom. The lowest BCUT2D eigenvalue weighted by atomic mass is 9.97. The molecule has 6 nitrogen and oxygen atoms in total. The number of terminal acetylenes is 1. The molecule has 7 heteroatoms. The van der Waals surface area contributed by atoms with Crippen molar-refractivity contribution in [3.63, 3.8) is 0 Å². The lowest BCUT2D eigenvalue weighted by Crippen LogP contribution is -2.39. The molecule has 1 amide bonds. The fourth-order valence-electron chi connectivity index (χ4n) is 3.22. The molecule has 0 spiro atoms. The normalized spacial score (nSPS) is 15.6. The summed E-state index contributed by atoms with van der Waals surface area (Å²) in [7, 11) is -1.93. The molecule has 154 valence electrons. The number of rotatable bonds is 9. The Balaban J connectivity index is 1.94. The molecule has 0 N–H and O–H groups in total. The molecule has 0 saturated carbocycles. The van der Waals surface area contributed by atoms with Gasteiger partial charge in [-0.15, -0.1) is 6.42 Å². The van der Waals surface area contributed by atoms with E-state index in [9.17, 15) is 13.2 Å². The third-order valence-corrected chi connectivity index (χ3v) is 6.95. The van der Waals surface area contributed by atoms with E-state index < -0.39 is 10.0 Å². The topological polar surface area (TPSA) is 66.9 Å². The molecule has 2 rings (SSSR count). The molecule has 1 aliphatic rings. The summed E-state index contributed by atoms with van der Waals surface area (Å²) in [6.45, 7) is 4.80. The van der Waals surface area contributed by atoms with Crippen LogP contribution in [-0.2, 0) is 14.8 Å². The molecule has 1 fully saturated rings. The van der Waals surface area contributed by atoms with Crippen molar-refractivity contribution >= 4 is 15.9 Å². The highest BCUT2D eigenvalue weighted by Gasteiger charge is 2.25. The van der Waals surface area contributed by atoms with E-state index in [1.54, 1.807) is 19.2 Å². The smallest absolute Gasteiger partial charge is 0.253 e. The zero-order valence-corrected chi connectivity index (χ0v) is 17.6. The number of benzene rings is 1. The average Bonchev–Trinajstić information content (AvgIpc) is 2.72. The Morgan fingerprint density at radius 1 is 1.29 bits per heavy atom. The lowest BCUT2D eigenvalue weighted by Gasteiger charge is -2.31. The molecule has 0 bridgehead atoms. The number of likely N-dealkylation sites (tertiary alicyclic amines) is 1. The van der Waals surface area contributed by atoms with Gasteiger partial charge in [-0.2, -0.15) is 0 Å². The van der Waals surface area contributed by atoms with Gasteiger partial charge < -0.3 is 9.64 Å². The number of hydrogen-bond acceptors (Lipinski definition) is 4. The number of carbonyl (C=O) groups is 1. The Hall–Kier alpha value is -1.88. The molecule has 0 unspecified atom stereocenters. The molecular weight excluding hydrogens is 376 g/mol. The van der Waals surface area contributed by atoms with Crippen LogP contribution in [-0.4, -0.2) is 63.4 Å². The first-order chi connectivity index (χ1) is 13.4. The van der Waals surface area contributed by atoms with Crippen molar-refractivity contribution in [3.05, 3.63) is 29.8 Å². The molecular formula is C21H30N2O4S. The minimum atomic E-state index is -3.52. The van der Waals surface area contributed by atoms with Crippen molar-refractivity contribution in [1.82, 2.24) is 9.21 Å². The van der Waals surface area contributed by atoms with Crippen molar-refractivity contribution in [1.29, 1.82) is 0 Å². The van der Waals surface area contributed by atoms with Gasteiger partial charge in [-0.1, -0.05) is 19.3 Å². The van der Waals surface area contributed by atoms with E-state index in [0.29, 0.717) is 44.3 Å². The number of carbonyl (C=O) groups excluding carboxylic acids is 1. The third kappa shape index (κ3) is 5.81. The molecule has 0 aliphatic carbocycles. The van der Waals surface area contributed by atoms with Gasteiger partial charge in [0.05, 0.1) is 11.5 Å². The zero-order valence-electron chi connectivity index (χ0n) is 16.8. The van der Waals surface area contributed by atoms with Crippen LogP contribution in [0.5, 0.6) is 0 Å². The standard InChI is InChI=1S/C21H30N2O4S/c1-4-6-13-22(3)28(25,26)20-9-7-19(8-10-20)21(24)23-14-11-18(12-15-23)17-27-16-5-2/h2,7-10,18H,4,6,11-17H2,1,3H3. The van der Waals surface area contributed by atoms with Gasteiger partial charge in [-0.3, -0.25) is 4.79 Å². The predicted molar refractivity (Wildman–Crippen MR) is 109 cm³/mol. The molecule has 0 radical (unpaired) electrons. The number of nitrogens with zero attached hydrogens (tertiary/aromatic N) is 2. The Morgan fingerprint density at radius 2 is 1.93 bits per heavy atom. The van der Waals surface area contributed by atoms with Crippen molar-refractivity contribution < 1.29 is 17.9 Å². The summed E-state index contributed by atoms with van der Waals surface area (Å²) in [4.78, 5) is 14.7. The van der Waals surface area contributed by atoms with Gasteiger partial charge >= 0.3 is 0 Å². The van der Waals surface area contributed by atoms with E-state index in [4.69, 9.17) is 11.2 Å². The highest BCUT2D eigenvalue weighted by Crippen LogP contribution is 2.21. The van der Waals surface area contributed by atoms with Crippen LogP contribution >= 0.6 is 0 Å². The van der Waals surface area contributed by atoms with Crippen LogP contribution in [0.1, 0.15) is 43.0 Å². The summed E-state index contributed by atoms with van der Waals surface area (Å²) in [6.07, 6.45) is 8.68. The Kier molecular flexibility index (Phi) is 8.49. The van der Waals surface area contributed by atoms with E-state index >= 15 is 0 Å². The average molecular weight is 407 g/mol. The van der Waals surface area contributed by atoms with Crippen LogP contribution in [0.25, 0.3) is 0 Å². The molecule has 0 atom stereocenters. The van der Waals surface area contributed by atoms with Gasteiger partial charge in [0.15, 0.2) is 0 Å². The van der Waals surface area contributed by atoms with E-state index in [-0.39, 0.29) is 10.8 Å². The van der Waals surface area contributed by atoms with Crippen LogP contribution < -0.4 is 0 Å². The van der Waals surface area contributed by atoms with Gasteiger partial charge in [-0.05, 0) is 49.4 Å². The second-order valence-corrected chi connectivity index (χ2v) is 9.20. The summed E-state index contributed by atoms with van der Waals surface area (Å²) in [5.74, 6) is 2.81. The van der Waals surface area contributed by atoms with Gasteiger partial charge in [0, 0.05) is 32.2 Å². The number of sulfonamides is 1. The Labute approximate surface area is 168 Å². The second kappa shape index (κ2) is 10.6. The maximum atomic E-state index is 12.7. The van der Waals surface area contributed by atoms with E-state index in [1.807, 2.05) is 11.8 Å². The first-order valence-corrected chi connectivity index (χ1v) is 11.2. The minimum Gasteiger partial charge on any atom is -0.369 e. The number of ether oxygens (including phenoxy) is 1. The summed E-state index contributed by atoms with van der Waals surface area (Å²) < 4.78 is 31.9. The quantitative estimate of drug-likeness (QED) is 0.467. The first kappa shape index (κ1) is 22.4. The molecule has 1 saturated heterocycles. The lowest BCUT2D eigenvalue weighted by molar-refractivity contribution is 0.0582. The zero-order chi connectivity index (χ0) is 20.6. The highest BCUT2D eigenvalue weighted by atomic mass is 32.2. The van der Waals surface area contributed by atoms with Crippen molar-refractivity contribution in [2.24, 2.45) is 5.92 Å². The second-order valence-electron chi connectivity index (χ2n) is 7.16. The maximum absolute atomic E-state index is 12.7. The van der Waals surface area contributed by atoms with Crippen molar-refractivity contribution in [2.75, 3.05) is 39.9 Å². The summed E-state index contributed by atoms with van der Waals surface area (Å²) in [5, 5.41) is 0. The fourth-order valence-corrected chi connectivity index (χ4v) is 4.43. The van der Waals surface area contributed by atoms with Crippen LogP contribution in [0.2, 0.25) is 0 Å². The van der Waals surface area contributed by atoms with Crippen LogP contribution in [0.4, 0.5) is 0 Å². The summed E-state index contributed by atoms with van der Waals surface area (Å²) >= 11 is 0. The molecule has 1 aromatic carbocycles. The van der Waals surface area contributed by atoms with Crippen molar-refractivity contribution in [3.8, 4) is 12.3 Å². The maximum Gasteiger partial charge on any atom is 0.253 e. The molecule has 28 heavy (non-hydrogen) atoms. The molecule has 1 aromatic rings. The summed E-state index contributed by atoms with van der Waals surface area (Å²) in [6, 6.07) is 6.24. The van der Waals surface area contributed by atoms with Crippen molar-refractivity contribution in [2.45, 2.75) is 37.5 Å². The molecule has 0 aromatic heterocycles. The van der Waals surface area contributed by atoms with E-state index in [2.05, 4.69) is 5.92 Å². The Bertz CT molecular complexity index is 776. The van der Waals surface area contributed by atoms with Crippen LogP contribution in [0, 0.1) is 18.3 Å².